The van der Waals surface area contributed by atoms with Crippen molar-refractivity contribution in [2.45, 2.75) is 30.8 Å². The zero-order valence-electron chi connectivity index (χ0n) is 11.6. The molecule has 2 atom stereocenters. The number of sulfonamides is 1. The van der Waals surface area contributed by atoms with Gasteiger partial charge in [-0.05, 0) is 18.9 Å². The minimum atomic E-state index is -4.08. The highest BCUT2D eigenvalue weighted by Crippen LogP contribution is 2.24. The molecule has 3 N–H and O–H groups in total. The average Bonchev–Trinajstić information content (AvgIpc) is 2.88. The first-order valence-corrected chi connectivity index (χ1v) is 8.19. The van der Waals surface area contributed by atoms with Gasteiger partial charge in [0.2, 0.25) is 10.0 Å². The van der Waals surface area contributed by atoms with Gasteiger partial charge in [-0.1, -0.05) is 6.92 Å². The fraction of sp³-hybridized carbons (Fsp3) is 0.538. The summed E-state index contributed by atoms with van der Waals surface area (Å²) < 4.78 is 58.7. The van der Waals surface area contributed by atoms with E-state index in [9.17, 15) is 17.2 Å². The Morgan fingerprint density at radius 1 is 1.38 bits per heavy atom. The Labute approximate surface area is 122 Å². The van der Waals surface area contributed by atoms with Gasteiger partial charge >= 0.3 is 0 Å². The van der Waals surface area contributed by atoms with Gasteiger partial charge in [-0.25, -0.2) is 21.9 Å². The third-order valence-electron chi connectivity index (χ3n) is 3.62. The molecular weight excluding hydrogens is 302 g/mol. The molecule has 2 rings (SSSR count). The van der Waals surface area contributed by atoms with Crippen LogP contribution in [0.15, 0.2) is 17.0 Å². The summed E-state index contributed by atoms with van der Waals surface area (Å²) in [6, 6.07) is 1.26. The van der Waals surface area contributed by atoms with Crippen molar-refractivity contribution >= 4 is 15.7 Å². The highest BCUT2D eigenvalue weighted by Gasteiger charge is 2.29. The van der Waals surface area contributed by atoms with Crippen molar-refractivity contribution in [2.75, 3.05) is 18.9 Å². The van der Waals surface area contributed by atoms with Crippen LogP contribution in [0.5, 0.6) is 0 Å². The van der Waals surface area contributed by atoms with Crippen molar-refractivity contribution in [1.29, 1.82) is 0 Å². The predicted molar refractivity (Wildman–Crippen MR) is 74.1 cm³/mol. The van der Waals surface area contributed by atoms with Crippen LogP contribution >= 0.6 is 0 Å². The molecule has 0 radical (unpaired) electrons. The molecule has 1 aliphatic rings. The first-order valence-electron chi connectivity index (χ1n) is 6.71. The average molecular weight is 320 g/mol. The molecule has 0 aromatic heterocycles. The summed E-state index contributed by atoms with van der Waals surface area (Å²) in [5, 5.41) is 0. The van der Waals surface area contributed by atoms with E-state index >= 15 is 0 Å². The fourth-order valence-electron chi connectivity index (χ4n) is 2.42. The first-order chi connectivity index (χ1) is 9.85. The van der Waals surface area contributed by atoms with Crippen LogP contribution in [-0.2, 0) is 14.8 Å². The summed E-state index contributed by atoms with van der Waals surface area (Å²) in [6.07, 6.45) is 1.52. The Kier molecular flexibility index (Phi) is 4.80. The van der Waals surface area contributed by atoms with Crippen LogP contribution in [-0.4, -0.2) is 27.7 Å². The molecule has 1 fully saturated rings. The molecule has 8 heteroatoms. The monoisotopic (exact) mass is 320 g/mol. The van der Waals surface area contributed by atoms with E-state index < -0.39 is 32.2 Å². The summed E-state index contributed by atoms with van der Waals surface area (Å²) in [4.78, 5) is -0.645. The second-order valence-corrected chi connectivity index (χ2v) is 6.76. The lowest BCUT2D eigenvalue weighted by atomic mass is 10.0. The summed E-state index contributed by atoms with van der Waals surface area (Å²) >= 11 is 0. The maximum absolute atomic E-state index is 13.6. The van der Waals surface area contributed by atoms with Crippen molar-refractivity contribution in [3.8, 4) is 0 Å². The van der Waals surface area contributed by atoms with Crippen molar-refractivity contribution in [3.05, 3.63) is 23.8 Å². The van der Waals surface area contributed by atoms with E-state index in [2.05, 4.69) is 4.72 Å². The van der Waals surface area contributed by atoms with Crippen LogP contribution in [0.1, 0.15) is 19.8 Å². The number of halogens is 2. The molecule has 1 aliphatic heterocycles. The predicted octanol–water partition coefficient (Wildman–Crippen LogP) is 1.64. The normalized spacial score (nSPS) is 22.6. The number of anilines is 1. The van der Waals surface area contributed by atoms with E-state index in [0.29, 0.717) is 12.7 Å². The van der Waals surface area contributed by atoms with Gasteiger partial charge in [-0.15, -0.1) is 0 Å². The van der Waals surface area contributed by atoms with E-state index in [0.717, 1.165) is 18.9 Å². The number of benzene rings is 1. The first kappa shape index (κ1) is 16.1. The van der Waals surface area contributed by atoms with Crippen LogP contribution in [0.25, 0.3) is 0 Å². The topological polar surface area (TPSA) is 81.4 Å². The Bertz CT molecular complexity index is 622. The zero-order valence-corrected chi connectivity index (χ0v) is 12.4. The van der Waals surface area contributed by atoms with Gasteiger partial charge in [0.05, 0.1) is 11.8 Å². The second kappa shape index (κ2) is 6.25. The summed E-state index contributed by atoms with van der Waals surface area (Å²) in [7, 11) is -4.08. The summed E-state index contributed by atoms with van der Waals surface area (Å²) in [5.74, 6) is -2.10. The molecular formula is C13H18F2N2O3S. The van der Waals surface area contributed by atoms with Gasteiger partial charge in [0, 0.05) is 25.1 Å². The van der Waals surface area contributed by atoms with Crippen LogP contribution in [0, 0.1) is 17.6 Å². The summed E-state index contributed by atoms with van der Waals surface area (Å²) in [5.41, 5.74) is 4.88. The van der Waals surface area contributed by atoms with Crippen molar-refractivity contribution < 1.29 is 21.9 Å². The lowest BCUT2D eigenvalue weighted by molar-refractivity contribution is 0.0884. The molecule has 0 aliphatic carbocycles. The zero-order chi connectivity index (χ0) is 15.6. The van der Waals surface area contributed by atoms with Crippen LogP contribution in [0.4, 0.5) is 14.5 Å². The number of rotatable bonds is 5. The SMILES string of the molecule is CCC1OCCC1CNS(=O)(=O)c1cc(N)c(F)cc1F. The number of nitrogen functional groups attached to an aromatic ring is 1. The molecule has 1 aromatic carbocycles. The smallest absolute Gasteiger partial charge is 0.243 e. The Balaban J connectivity index is 2.14. The molecule has 1 aromatic rings. The van der Waals surface area contributed by atoms with Crippen LogP contribution in [0.3, 0.4) is 0 Å². The van der Waals surface area contributed by atoms with Gasteiger partial charge < -0.3 is 10.5 Å². The van der Waals surface area contributed by atoms with Gasteiger partial charge in [-0.2, -0.15) is 0 Å². The van der Waals surface area contributed by atoms with Gasteiger partial charge in [0.1, 0.15) is 16.5 Å². The summed E-state index contributed by atoms with van der Waals surface area (Å²) in [6.45, 7) is 2.69. The Hall–Kier alpha value is -1.25. The Morgan fingerprint density at radius 3 is 2.76 bits per heavy atom. The molecule has 0 bridgehead atoms. The molecule has 0 amide bonds. The third kappa shape index (κ3) is 3.50. The van der Waals surface area contributed by atoms with Gasteiger partial charge in [-0.3, -0.25) is 0 Å². The lowest BCUT2D eigenvalue weighted by Crippen LogP contribution is -2.33. The quantitative estimate of drug-likeness (QED) is 0.808. The third-order valence-corrected chi connectivity index (χ3v) is 5.06. The van der Waals surface area contributed by atoms with Gasteiger partial charge in [0.25, 0.3) is 0 Å². The molecule has 21 heavy (non-hydrogen) atoms. The molecule has 0 spiro atoms. The maximum atomic E-state index is 13.6. The standard InChI is InChI=1S/C13H18F2N2O3S/c1-2-12-8(3-4-20-12)7-17-21(18,19)13-6-11(16)9(14)5-10(13)15/h5-6,8,12,17H,2-4,7,16H2,1H3. The molecule has 2 unspecified atom stereocenters. The number of nitrogens with one attached hydrogen (secondary N) is 1. The minimum Gasteiger partial charge on any atom is -0.396 e. The Morgan fingerprint density at radius 2 is 2.10 bits per heavy atom. The largest absolute Gasteiger partial charge is 0.396 e. The highest BCUT2D eigenvalue weighted by molar-refractivity contribution is 7.89. The van der Waals surface area contributed by atoms with E-state index in [-0.39, 0.29) is 18.6 Å². The number of ether oxygens (including phenoxy) is 1. The van der Waals surface area contributed by atoms with Gasteiger partial charge in [0.15, 0.2) is 0 Å². The minimum absolute atomic E-state index is 0.00386. The van der Waals surface area contributed by atoms with Crippen molar-refractivity contribution in [1.82, 2.24) is 4.72 Å². The van der Waals surface area contributed by atoms with E-state index in [4.69, 9.17) is 10.5 Å². The lowest BCUT2D eigenvalue weighted by Gasteiger charge is -2.17. The van der Waals surface area contributed by atoms with E-state index in [1.165, 1.54) is 0 Å². The number of hydrogen-bond donors (Lipinski definition) is 2. The maximum Gasteiger partial charge on any atom is 0.243 e. The molecule has 5 nitrogen and oxygen atoms in total. The van der Waals surface area contributed by atoms with Crippen molar-refractivity contribution in [2.24, 2.45) is 5.92 Å². The van der Waals surface area contributed by atoms with Crippen LogP contribution < -0.4 is 10.5 Å². The van der Waals surface area contributed by atoms with E-state index in [1.807, 2.05) is 6.92 Å². The van der Waals surface area contributed by atoms with Crippen LogP contribution in [0.2, 0.25) is 0 Å². The fourth-order valence-corrected chi connectivity index (χ4v) is 3.61. The second-order valence-electron chi connectivity index (χ2n) is 5.02. The molecule has 0 saturated carbocycles. The molecule has 1 heterocycles. The molecule has 118 valence electrons. The highest BCUT2D eigenvalue weighted by atomic mass is 32.2. The van der Waals surface area contributed by atoms with E-state index in [1.54, 1.807) is 0 Å². The van der Waals surface area contributed by atoms with Crippen molar-refractivity contribution in [3.63, 3.8) is 0 Å². The molecule has 1 saturated heterocycles. The number of hydrogen-bond acceptors (Lipinski definition) is 4. The number of nitrogens with two attached hydrogens (primary N) is 1.